The largest absolute Gasteiger partial charge is 0.493 e. The zero-order valence-corrected chi connectivity index (χ0v) is 10.9. The van der Waals surface area contributed by atoms with Crippen LogP contribution in [0, 0.1) is 0 Å². The molecule has 0 aliphatic heterocycles. The van der Waals surface area contributed by atoms with Crippen LogP contribution >= 0.6 is 0 Å². The molecule has 0 bridgehead atoms. The molecule has 0 radical (unpaired) electrons. The smallest absolute Gasteiger partial charge is 0.160 e. The van der Waals surface area contributed by atoms with Crippen molar-refractivity contribution in [3.05, 3.63) is 11.9 Å². The first-order valence-electron chi connectivity index (χ1n) is 6.13. The molecule has 1 saturated carbocycles. The van der Waals surface area contributed by atoms with Gasteiger partial charge in [-0.15, -0.1) is 0 Å². The summed E-state index contributed by atoms with van der Waals surface area (Å²) in [7, 11) is 5.83. The van der Waals surface area contributed by atoms with Gasteiger partial charge in [0.25, 0.3) is 0 Å². The lowest BCUT2D eigenvalue weighted by molar-refractivity contribution is 0.301. The molecular weight excluding hydrogens is 216 g/mol. The van der Waals surface area contributed by atoms with Crippen LogP contribution < -0.4 is 10.5 Å². The van der Waals surface area contributed by atoms with Gasteiger partial charge >= 0.3 is 0 Å². The lowest BCUT2D eigenvalue weighted by Gasteiger charge is -2.34. The number of likely N-dealkylation sites (N-methyl/N-ethyl adjacent to an activating group) is 1. The minimum atomic E-state index is 0.263. The maximum Gasteiger partial charge on any atom is 0.160 e. The van der Waals surface area contributed by atoms with E-state index in [0.29, 0.717) is 5.92 Å². The highest BCUT2D eigenvalue weighted by atomic mass is 16.5. The molecule has 0 spiro atoms. The summed E-state index contributed by atoms with van der Waals surface area (Å²) >= 11 is 0. The molecule has 0 saturated heterocycles. The summed E-state index contributed by atoms with van der Waals surface area (Å²) in [5.41, 5.74) is 7.23. The minimum absolute atomic E-state index is 0.263. The maximum atomic E-state index is 6.06. The summed E-state index contributed by atoms with van der Waals surface area (Å²) in [5.74, 6) is 1.29. The number of nitrogens with zero attached hydrogens (tertiary/aromatic N) is 3. The fourth-order valence-corrected chi connectivity index (χ4v) is 2.25. The van der Waals surface area contributed by atoms with Gasteiger partial charge in [0.2, 0.25) is 0 Å². The SMILES string of the molecule is COc1cnn(CCN(C)C)c1C1CCC1N. The molecule has 2 N–H and O–H groups in total. The molecular formula is C12H22N4O. The highest BCUT2D eigenvalue weighted by Gasteiger charge is 2.34. The second kappa shape index (κ2) is 5.06. The third-order valence-electron chi connectivity index (χ3n) is 3.50. The van der Waals surface area contributed by atoms with E-state index >= 15 is 0 Å². The van der Waals surface area contributed by atoms with Gasteiger partial charge in [-0.3, -0.25) is 4.68 Å². The second-order valence-corrected chi connectivity index (χ2v) is 4.97. The molecule has 5 nitrogen and oxygen atoms in total. The van der Waals surface area contributed by atoms with Crippen molar-refractivity contribution >= 4 is 0 Å². The van der Waals surface area contributed by atoms with E-state index in [9.17, 15) is 0 Å². The van der Waals surface area contributed by atoms with Crippen LogP contribution in [0.1, 0.15) is 24.5 Å². The van der Waals surface area contributed by atoms with E-state index in [4.69, 9.17) is 10.5 Å². The fraction of sp³-hybridized carbons (Fsp3) is 0.750. The average molecular weight is 238 g/mol. The van der Waals surface area contributed by atoms with Crippen molar-refractivity contribution in [2.75, 3.05) is 27.7 Å². The van der Waals surface area contributed by atoms with Crippen LogP contribution in [0.3, 0.4) is 0 Å². The lowest BCUT2D eigenvalue weighted by Crippen LogP contribution is -2.39. The van der Waals surface area contributed by atoms with E-state index < -0.39 is 0 Å². The quantitative estimate of drug-likeness (QED) is 0.818. The predicted octanol–water partition coefficient (Wildman–Crippen LogP) is 0.658. The number of ether oxygens (including phenoxy) is 1. The number of rotatable bonds is 5. The van der Waals surface area contributed by atoms with E-state index in [-0.39, 0.29) is 6.04 Å². The third kappa shape index (κ3) is 2.45. The van der Waals surface area contributed by atoms with Crippen LogP contribution in [0.4, 0.5) is 0 Å². The Kier molecular flexibility index (Phi) is 3.69. The Morgan fingerprint density at radius 1 is 1.53 bits per heavy atom. The van der Waals surface area contributed by atoms with E-state index in [2.05, 4.69) is 24.1 Å². The van der Waals surface area contributed by atoms with Crippen LogP contribution in [0.15, 0.2) is 6.20 Å². The number of aromatic nitrogens is 2. The van der Waals surface area contributed by atoms with E-state index in [1.54, 1.807) is 13.3 Å². The van der Waals surface area contributed by atoms with E-state index in [1.807, 2.05) is 4.68 Å². The Balaban J connectivity index is 2.17. The Labute approximate surface area is 103 Å². The molecule has 1 aromatic heterocycles. The highest BCUT2D eigenvalue weighted by Crippen LogP contribution is 2.39. The Hall–Kier alpha value is -1.07. The van der Waals surface area contributed by atoms with Crippen molar-refractivity contribution in [3.63, 3.8) is 0 Å². The van der Waals surface area contributed by atoms with Gasteiger partial charge in [-0.05, 0) is 26.9 Å². The highest BCUT2D eigenvalue weighted by molar-refractivity contribution is 5.31. The van der Waals surface area contributed by atoms with Gasteiger partial charge in [0, 0.05) is 18.5 Å². The number of hydrogen-bond donors (Lipinski definition) is 1. The Bertz CT molecular complexity index is 375. The summed E-state index contributed by atoms with van der Waals surface area (Å²) in [6, 6.07) is 0.263. The summed E-state index contributed by atoms with van der Waals surface area (Å²) in [6.45, 7) is 1.86. The van der Waals surface area contributed by atoms with Crippen LogP contribution in [-0.4, -0.2) is 48.5 Å². The normalized spacial score (nSPS) is 23.8. The number of hydrogen-bond acceptors (Lipinski definition) is 4. The van der Waals surface area contributed by atoms with Gasteiger partial charge in [0.1, 0.15) is 0 Å². The molecule has 1 aromatic rings. The van der Waals surface area contributed by atoms with Crippen molar-refractivity contribution in [2.24, 2.45) is 5.73 Å². The molecule has 17 heavy (non-hydrogen) atoms. The van der Waals surface area contributed by atoms with Crippen LogP contribution in [0.2, 0.25) is 0 Å². The molecule has 1 fully saturated rings. The standard InChI is InChI=1S/C12H22N4O/c1-15(2)6-7-16-12(9-4-5-10(9)13)11(17-3)8-14-16/h8-10H,4-7,13H2,1-3H3. The van der Waals surface area contributed by atoms with Gasteiger partial charge in [0.15, 0.2) is 5.75 Å². The van der Waals surface area contributed by atoms with Gasteiger partial charge in [0.05, 0.1) is 25.5 Å². The average Bonchev–Trinajstić information content (AvgIpc) is 2.67. The van der Waals surface area contributed by atoms with Gasteiger partial charge in [-0.25, -0.2) is 0 Å². The molecule has 96 valence electrons. The lowest BCUT2D eigenvalue weighted by atomic mass is 9.77. The molecule has 2 atom stereocenters. The Morgan fingerprint density at radius 3 is 2.76 bits per heavy atom. The second-order valence-electron chi connectivity index (χ2n) is 4.97. The van der Waals surface area contributed by atoms with Crippen molar-refractivity contribution in [2.45, 2.75) is 31.3 Å². The first-order valence-corrected chi connectivity index (χ1v) is 6.13. The maximum absolute atomic E-state index is 6.06. The van der Waals surface area contributed by atoms with Gasteiger partial charge < -0.3 is 15.4 Å². The molecule has 1 heterocycles. The van der Waals surface area contributed by atoms with Gasteiger partial charge in [-0.1, -0.05) is 0 Å². The summed E-state index contributed by atoms with van der Waals surface area (Å²) in [4.78, 5) is 2.15. The monoisotopic (exact) mass is 238 g/mol. The molecule has 5 heteroatoms. The van der Waals surface area contributed by atoms with Crippen LogP contribution in [0.5, 0.6) is 5.75 Å². The molecule has 1 aliphatic carbocycles. The van der Waals surface area contributed by atoms with Crippen molar-refractivity contribution in [1.29, 1.82) is 0 Å². The molecule has 1 aliphatic rings. The Morgan fingerprint density at radius 2 is 2.29 bits per heavy atom. The van der Waals surface area contributed by atoms with E-state index in [1.165, 1.54) is 5.69 Å². The van der Waals surface area contributed by atoms with E-state index in [0.717, 1.165) is 31.7 Å². The minimum Gasteiger partial charge on any atom is -0.493 e. The zero-order valence-electron chi connectivity index (χ0n) is 10.9. The number of methoxy groups -OCH3 is 1. The predicted molar refractivity (Wildman–Crippen MR) is 67.3 cm³/mol. The third-order valence-corrected chi connectivity index (χ3v) is 3.50. The summed E-state index contributed by atoms with van der Waals surface area (Å²) < 4.78 is 7.43. The summed E-state index contributed by atoms with van der Waals surface area (Å²) in [6.07, 6.45) is 4.05. The molecule has 0 aromatic carbocycles. The zero-order chi connectivity index (χ0) is 12.4. The fourth-order valence-electron chi connectivity index (χ4n) is 2.25. The van der Waals surface area contributed by atoms with Crippen molar-refractivity contribution in [3.8, 4) is 5.75 Å². The molecule has 2 rings (SSSR count). The summed E-state index contributed by atoms with van der Waals surface area (Å²) in [5, 5.41) is 4.41. The molecule has 2 unspecified atom stereocenters. The van der Waals surface area contributed by atoms with Crippen LogP contribution in [-0.2, 0) is 6.54 Å². The number of nitrogens with two attached hydrogens (primary N) is 1. The van der Waals surface area contributed by atoms with Crippen molar-refractivity contribution in [1.82, 2.24) is 14.7 Å². The molecule has 0 amide bonds. The first kappa shape index (κ1) is 12.4. The van der Waals surface area contributed by atoms with Crippen LogP contribution in [0.25, 0.3) is 0 Å². The first-order chi connectivity index (χ1) is 8.13. The van der Waals surface area contributed by atoms with Gasteiger partial charge in [-0.2, -0.15) is 5.10 Å². The van der Waals surface area contributed by atoms with Crippen molar-refractivity contribution < 1.29 is 4.74 Å². The topological polar surface area (TPSA) is 56.3 Å².